The molecule has 0 aromatic heterocycles. The second-order valence-corrected chi connectivity index (χ2v) is 8.60. The van der Waals surface area contributed by atoms with Gasteiger partial charge in [-0.2, -0.15) is 0 Å². The first-order valence-corrected chi connectivity index (χ1v) is 12.3. The second kappa shape index (κ2) is 11.8. The fourth-order valence-electron chi connectivity index (χ4n) is 4.00. The fraction of sp³-hybridized carbons (Fsp3) is 0.0606. The van der Waals surface area contributed by atoms with Crippen molar-refractivity contribution in [1.29, 1.82) is 0 Å². The van der Waals surface area contributed by atoms with Crippen LogP contribution in [0.1, 0.15) is 15.9 Å². The summed E-state index contributed by atoms with van der Waals surface area (Å²) in [5, 5.41) is 2.93. The minimum absolute atomic E-state index is 0.224. The van der Waals surface area contributed by atoms with Crippen molar-refractivity contribution in [3.8, 4) is 34.1 Å². The molecule has 0 bridgehead atoms. The number of nitrogens with one attached hydrogen (secondary N) is 1. The second-order valence-electron chi connectivity index (χ2n) is 8.60. The Bertz CT molecular complexity index is 1480. The average Bonchev–Trinajstić information content (AvgIpc) is 2.98. The molecule has 0 atom stereocenters. The first-order valence-electron chi connectivity index (χ1n) is 12.3. The molecule has 0 unspecified atom stereocenters. The number of anilines is 1. The molecule has 5 aromatic rings. The number of carbonyl (C=O) groups is 1. The van der Waals surface area contributed by atoms with E-state index < -0.39 is 0 Å². The highest BCUT2D eigenvalue weighted by Crippen LogP contribution is 2.26. The normalized spacial score (nSPS) is 10.4. The van der Waals surface area contributed by atoms with Gasteiger partial charge in [0.1, 0.15) is 29.6 Å². The van der Waals surface area contributed by atoms with Crippen LogP contribution in [0, 0.1) is 0 Å². The van der Waals surface area contributed by atoms with Crippen LogP contribution in [0.2, 0.25) is 0 Å². The van der Waals surface area contributed by atoms with E-state index in [1.54, 1.807) is 25.3 Å². The summed E-state index contributed by atoms with van der Waals surface area (Å²) < 4.78 is 17.3. The Morgan fingerprint density at radius 2 is 1.26 bits per heavy atom. The third kappa shape index (κ3) is 6.20. The molecule has 0 radical (unpaired) electrons. The van der Waals surface area contributed by atoms with Gasteiger partial charge >= 0.3 is 0 Å². The Morgan fingerprint density at radius 3 is 1.95 bits per heavy atom. The number of amides is 1. The zero-order valence-electron chi connectivity index (χ0n) is 21.0. The molecule has 5 aromatic carbocycles. The summed E-state index contributed by atoms with van der Waals surface area (Å²) in [7, 11) is 1.60. The van der Waals surface area contributed by atoms with E-state index in [2.05, 4.69) is 17.4 Å². The van der Waals surface area contributed by atoms with Crippen molar-refractivity contribution in [2.45, 2.75) is 6.61 Å². The first-order chi connectivity index (χ1) is 18.7. The Kier molecular flexibility index (Phi) is 7.66. The third-order valence-corrected chi connectivity index (χ3v) is 5.99. The Balaban J connectivity index is 1.22. The van der Waals surface area contributed by atoms with E-state index in [4.69, 9.17) is 14.2 Å². The molecule has 5 heteroatoms. The number of rotatable bonds is 9. The molecule has 188 valence electrons. The van der Waals surface area contributed by atoms with Gasteiger partial charge in [-0.3, -0.25) is 4.79 Å². The number of para-hydroxylation sites is 1. The molecule has 38 heavy (non-hydrogen) atoms. The number of ether oxygens (including phenoxy) is 3. The van der Waals surface area contributed by atoms with Crippen molar-refractivity contribution >= 4 is 11.6 Å². The van der Waals surface area contributed by atoms with Crippen LogP contribution in [0.3, 0.4) is 0 Å². The van der Waals surface area contributed by atoms with Crippen LogP contribution in [-0.4, -0.2) is 13.0 Å². The summed E-state index contributed by atoms with van der Waals surface area (Å²) in [5.41, 5.74) is 4.22. The number of methoxy groups -OCH3 is 1. The van der Waals surface area contributed by atoms with Crippen LogP contribution in [-0.2, 0) is 6.61 Å². The van der Waals surface area contributed by atoms with E-state index in [-0.39, 0.29) is 12.5 Å². The molecule has 0 aliphatic heterocycles. The van der Waals surface area contributed by atoms with Crippen LogP contribution in [0.15, 0.2) is 127 Å². The van der Waals surface area contributed by atoms with Gasteiger partial charge in [0.2, 0.25) is 0 Å². The molecule has 1 amide bonds. The van der Waals surface area contributed by atoms with Crippen LogP contribution >= 0.6 is 0 Å². The summed E-state index contributed by atoms with van der Waals surface area (Å²) in [4.78, 5) is 13.0. The first kappa shape index (κ1) is 24.7. The van der Waals surface area contributed by atoms with Gasteiger partial charge in [0.25, 0.3) is 5.91 Å². The summed E-state index contributed by atoms with van der Waals surface area (Å²) in [6.45, 7) is 0.264. The highest BCUT2D eigenvalue weighted by molar-refractivity contribution is 6.04. The van der Waals surface area contributed by atoms with Crippen LogP contribution in [0.5, 0.6) is 23.0 Å². The van der Waals surface area contributed by atoms with Crippen molar-refractivity contribution in [2.24, 2.45) is 0 Å². The monoisotopic (exact) mass is 501 g/mol. The third-order valence-electron chi connectivity index (χ3n) is 5.99. The minimum atomic E-state index is -0.224. The van der Waals surface area contributed by atoms with Crippen molar-refractivity contribution in [3.05, 3.63) is 139 Å². The molecular weight excluding hydrogens is 474 g/mol. The Hall–Kier alpha value is -5.03. The van der Waals surface area contributed by atoms with E-state index in [0.717, 1.165) is 28.2 Å². The lowest BCUT2D eigenvalue weighted by Gasteiger charge is -2.13. The maximum Gasteiger partial charge on any atom is 0.255 e. The zero-order valence-corrected chi connectivity index (χ0v) is 21.0. The van der Waals surface area contributed by atoms with Crippen LogP contribution in [0.4, 0.5) is 5.69 Å². The highest BCUT2D eigenvalue weighted by Gasteiger charge is 2.12. The molecular formula is C33H27NO4. The Labute approximate surface area is 222 Å². The smallest absolute Gasteiger partial charge is 0.255 e. The summed E-state index contributed by atoms with van der Waals surface area (Å²) in [5.74, 6) is 2.61. The van der Waals surface area contributed by atoms with Crippen LogP contribution in [0.25, 0.3) is 11.1 Å². The van der Waals surface area contributed by atoms with Crippen molar-refractivity contribution in [1.82, 2.24) is 0 Å². The standard InChI is InChI=1S/C33H27NO4/c1-36-32-21-14-26(33(35)34-28-15-19-31(20-16-28)38-30-10-6-3-7-11-30)22-27(32)23-37-29-17-12-25(13-18-29)24-8-4-2-5-9-24/h2-22H,23H2,1H3,(H,34,35). The number of carbonyl (C=O) groups excluding carboxylic acids is 1. The quantitative estimate of drug-likeness (QED) is 0.222. The van der Waals surface area contributed by atoms with Gasteiger partial charge in [-0.25, -0.2) is 0 Å². The molecule has 5 nitrogen and oxygen atoms in total. The lowest BCUT2D eigenvalue weighted by Crippen LogP contribution is -2.12. The molecule has 0 fully saturated rings. The average molecular weight is 502 g/mol. The molecule has 0 heterocycles. The number of benzene rings is 5. The molecule has 5 rings (SSSR count). The van der Waals surface area contributed by atoms with E-state index in [9.17, 15) is 4.79 Å². The van der Waals surface area contributed by atoms with Gasteiger partial charge < -0.3 is 19.5 Å². The number of hydrogen-bond acceptors (Lipinski definition) is 4. The van der Waals surface area contributed by atoms with Crippen LogP contribution < -0.4 is 19.5 Å². The van der Waals surface area contributed by atoms with Gasteiger partial charge in [-0.15, -0.1) is 0 Å². The molecule has 1 N–H and O–H groups in total. The predicted octanol–water partition coefficient (Wildman–Crippen LogP) is 7.99. The van der Waals surface area contributed by atoms with E-state index in [0.29, 0.717) is 22.7 Å². The maximum absolute atomic E-state index is 13.0. The SMILES string of the molecule is COc1ccc(C(=O)Nc2ccc(Oc3ccccc3)cc2)cc1COc1ccc(-c2ccccc2)cc1. The number of hydrogen-bond donors (Lipinski definition) is 1. The van der Waals surface area contributed by atoms with Gasteiger partial charge in [0.15, 0.2) is 0 Å². The minimum Gasteiger partial charge on any atom is -0.496 e. The lowest BCUT2D eigenvalue weighted by atomic mass is 10.1. The van der Waals surface area contributed by atoms with E-state index >= 15 is 0 Å². The molecule has 0 aliphatic rings. The van der Waals surface area contributed by atoms with Crippen molar-refractivity contribution in [2.75, 3.05) is 12.4 Å². The van der Waals surface area contributed by atoms with Crippen molar-refractivity contribution in [3.63, 3.8) is 0 Å². The summed E-state index contributed by atoms with van der Waals surface area (Å²) in [6.07, 6.45) is 0. The molecule has 0 spiro atoms. The maximum atomic E-state index is 13.0. The highest BCUT2D eigenvalue weighted by atomic mass is 16.5. The molecule has 0 aliphatic carbocycles. The van der Waals surface area contributed by atoms with Crippen molar-refractivity contribution < 1.29 is 19.0 Å². The predicted molar refractivity (Wildman–Crippen MR) is 150 cm³/mol. The Morgan fingerprint density at radius 1 is 0.658 bits per heavy atom. The van der Waals surface area contributed by atoms with Gasteiger partial charge in [-0.1, -0.05) is 60.7 Å². The topological polar surface area (TPSA) is 56.8 Å². The van der Waals surface area contributed by atoms with Gasteiger partial charge in [-0.05, 0) is 77.9 Å². The fourth-order valence-corrected chi connectivity index (χ4v) is 4.00. The van der Waals surface area contributed by atoms with E-state index in [1.807, 2.05) is 97.1 Å². The van der Waals surface area contributed by atoms with Gasteiger partial charge in [0.05, 0.1) is 7.11 Å². The molecule has 0 saturated carbocycles. The van der Waals surface area contributed by atoms with Gasteiger partial charge in [0, 0.05) is 16.8 Å². The summed E-state index contributed by atoms with van der Waals surface area (Å²) in [6, 6.07) is 40.2. The van der Waals surface area contributed by atoms with E-state index in [1.165, 1.54) is 0 Å². The zero-order chi connectivity index (χ0) is 26.2. The largest absolute Gasteiger partial charge is 0.496 e. The molecule has 0 saturated heterocycles. The summed E-state index contributed by atoms with van der Waals surface area (Å²) >= 11 is 0. The lowest BCUT2D eigenvalue weighted by molar-refractivity contribution is 0.102.